The molecule has 2 unspecified atom stereocenters. The number of hydrogen-bond acceptors (Lipinski definition) is 2. The van der Waals surface area contributed by atoms with Crippen LogP contribution in [0, 0.1) is 18.7 Å². The van der Waals surface area contributed by atoms with Gasteiger partial charge in [0.1, 0.15) is 5.82 Å². The predicted molar refractivity (Wildman–Crippen MR) is 68.8 cm³/mol. The Balaban J connectivity index is 2.26. The maximum Gasteiger partial charge on any atom is 0.257 e. The Morgan fingerprint density at radius 1 is 1.56 bits per heavy atom. The van der Waals surface area contributed by atoms with Crippen molar-refractivity contribution in [3.05, 3.63) is 35.1 Å². The summed E-state index contributed by atoms with van der Waals surface area (Å²) < 4.78 is 13.8. The van der Waals surface area contributed by atoms with Crippen molar-refractivity contribution in [2.75, 3.05) is 13.1 Å². The van der Waals surface area contributed by atoms with Gasteiger partial charge in [-0.15, -0.1) is 0 Å². The highest BCUT2D eigenvalue weighted by atomic mass is 19.1. The van der Waals surface area contributed by atoms with E-state index < -0.39 is 5.82 Å². The quantitative estimate of drug-likeness (QED) is 0.872. The fraction of sp³-hybridized carbons (Fsp3) is 0.500. The molecule has 1 aromatic carbocycles. The molecular weight excluding hydrogens is 231 g/mol. The fourth-order valence-corrected chi connectivity index (χ4v) is 2.57. The topological polar surface area (TPSA) is 46.3 Å². The molecule has 0 radical (unpaired) electrons. The van der Waals surface area contributed by atoms with Crippen LogP contribution in [0.25, 0.3) is 0 Å². The zero-order chi connectivity index (χ0) is 13.3. The first-order chi connectivity index (χ1) is 8.54. The van der Waals surface area contributed by atoms with E-state index in [0.717, 1.165) is 12.0 Å². The predicted octanol–water partition coefficient (Wildman–Crippen LogP) is 1.94. The monoisotopic (exact) mass is 250 g/mol. The van der Waals surface area contributed by atoms with Gasteiger partial charge >= 0.3 is 0 Å². The van der Waals surface area contributed by atoms with Crippen molar-refractivity contribution in [1.82, 2.24) is 4.90 Å². The molecule has 1 aliphatic rings. The fourth-order valence-electron chi connectivity index (χ4n) is 2.57. The van der Waals surface area contributed by atoms with Crippen molar-refractivity contribution in [3.63, 3.8) is 0 Å². The summed E-state index contributed by atoms with van der Waals surface area (Å²) in [4.78, 5) is 14.0. The van der Waals surface area contributed by atoms with Gasteiger partial charge in [0.15, 0.2) is 0 Å². The molecule has 0 bridgehead atoms. The smallest absolute Gasteiger partial charge is 0.257 e. The number of carbonyl (C=O) groups excluding carboxylic acids is 1. The maximum absolute atomic E-state index is 13.8. The third-order valence-electron chi connectivity index (χ3n) is 3.74. The number of benzene rings is 1. The normalized spacial score (nSPS) is 23.4. The highest BCUT2D eigenvalue weighted by Gasteiger charge is 2.34. The molecule has 1 amide bonds. The van der Waals surface area contributed by atoms with Crippen LogP contribution in [0.2, 0.25) is 0 Å². The third-order valence-corrected chi connectivity index (χ3v) is 3.74. The summed E-state index contributed by atoms with van der Waals surface area (Å²) in [6.07, 6.45) is 0.932. The van der Waals surface area contributed by atoms with E-state index in [2.05, 4.69) is 6.92 Å². The summed E-state index contributed by atoms with van der Waals surface area (Å²) in [6.45, 7) is 4.98. The van der Waals surface area contributed by atoms with Gasteiger partial charge < -0.3 is 10.6 Å². The number of aryl methyl sites for hydroxylation is 1. The lowest BCUT2D eigenvalue weighted by Gasteiger charge is -2.26. The van der Waals surface area contributed by atoms with E-state index in [4.69, 9.17) is 5.73 Å². The minimum absolute atomic E-state index is 0.0261. The van der Waals surface area contributed by atoms with Gasteiger partial charge in [0.2, 0.25) is 0 Å². The van der Waals surface area contributed by atoms with Crippen LogP contribution in [0.3, 0.4) is 0 Å². The van der Waals surface area contributed by atoms with Crippen LogP contribution in [-0.4, -0.2) is 29.9 Å². The molecule has 0 saturated carbocycles. The molecule has 1 fully saturated rings. The molecule has 2 rings (SSSR count). The first-order valence-corrected chi connectivity index (χ1v) is 6.31. The van der Waals surface area contributed by atoms with Crippen molar-refractivity contribution >= 4 is 5.91 Å². The minimum Gasteiger partial charge on any atom is -0.334 e. The molecule has 0 aliphatic carbocycles. The number of amides is 1. The van der Waals surface area contributed by atoms with Crippen molar-refractivity contribution < 1.29 is 9.18 Å². The Kier molecular flexibility index (Phi) is 3.66. The zero-order valence-corrected chi connectivity index (χ0v) is 10.8. The number of nitrogens with zero attached hydrogens (tertiary/aromatic N) is 1. The molecule has 1 saturated heterocycles. The maximum atomic E-state index is 13.8. The van der Waals surface area contributed by atoms with Crippen LogP contribution in [0.1, 0.15) is 29.3 Å². The summed E-state index contributed by atoms with van der Waals surface area (Å²) in [5.74, 6) is -0.310. The number of likely N-dealkylation sites (tertiary alicyclic amines) is 1. The van der Waals surface area contributed by atoms with Crippen LogP contribution < -0.4 is 5.73 Å². The molecule has 98 valence electrons. The number of nitrogens with two attached hydrogens (primary N) is 1. The Labute approximate surface area is 107 Å². The van der Waals surface area contributed by atoms with Crippen molar-refractivity contribution in [3.8, 4) is 0 Å². The van der Waals surface area contributed by atoms with Gasteiger partial charge in [-0.05, 0) is 37.0 Å². The standard InChI is InChI=1S/C14H19FN2O/c1-9-3-4-11(12(15)7-9)14(18)17-6-5-10(2)13(17)8-16/h3-4,7,10,13H,5-6,8,16H2,1-2H3. The van der Waals surface area contributed by atoms with Crippen molar-refractivity contribution in [2.24, 2.45) is 11.7 Å². The second-order valence-corrected chi connectivity index (χ2v) is 5.05. The molecule has 1 aliphatic heterocycles. The van der Waals surface area contributed by atoms with Gasteiger partial charge in [-0.25, -0.2) is 4.39 Å². The molecule has 3 nitrogen and oxygen atoms in total. The van der Waals surface area contributed by atoms with Gasteiger partial charge in [-0.2, -0.15) is 0 Å². The Morgan fingerprint density at radius 3 is 2.89 bits per heavy atom. The molecule has 1 aromatic rings. The summed E-state index contributed by atoms with van der Waals surface area (Å²) in [7, 11) is 0. The summed E-state index contributed by atoms with van der Waals surface area (Å²) in [5, 5.41) is 0. The van der Waals surface area contributed by atoms with Gasteiger partial charge in [-0.1, -0.05) is 13.0 Å². The molecule has 2 N–H and O–H groups in total. The van der Waals surface area contributed by atoms with E-state index >= 15 is 0 Å². The van der Waals surface area contributed by atoms with Crippen LogP contribution >= 0.6 is 0 Å². The number of halogens is 1. The molecule has 1 heterocycles. The van der Waals surface area contributed by atoms with Crippen LogP contribution in [0.15, 0.2) is 18.2 Å². The lowest BCUT2D eigenvalue weighted by atomic mass is 10.0. The first-order valence-electron chi connectivity index (χ1n) is 6.31. The van der Waals surface area contributed by atoms with Crippen molar-refractivity contribution in [1.29, 1.82) is 0 Å². The molecule has 18 heavy (non-hydrogen) atoms. The van der Waals surface area contributed by atoms with E-state index in [-0.39, 0.29) is 17.5 Å². The zero-order valence-electron chi connectivity index (χ0n) is 10.8. The Bertz CT molecular complexity index is 461. The van der Waals surface area contributed by atoms with Gasteiger partial charge in [0.25, 0.3) is 5.91 Å². The highest BCUT2D eigenvalue weighted by Crippen LogP contribution is 2.25. The summed E-state index contributed by atoms with van der Waals surface area (Å²) >= 11 is 0. The van der Waals surface area contributed by atoms with Crippen LogP contribution in [-0.2, 0) is 0 Å². The molecule has 0 spiro atoms. The first kappa shape index (κ1) is 13.0. The third kappa shape index (κ3) is 2.25. The lowest BCUT2D eigenvalue weighted by molar-refractivity contribution is 0.0722. The van der Waals surface area contributed by atoms with Gasteiger partial charge in [-0.3, -0.25) is 4.79 Å². The molecule has 2 atom stereocenters. The highest BCUT2D eigenvalue weighted by molar-refractivity contribution is 5.95. The van der Waals surface area contributed by atoms with E-state index in [1.165, 1.54) is 6.07 Å². The van der Waals surface area contributed by atoms with E-state index in [1.54, 1.807) is 24.0 Å². The Hall–Kier alpha value is -1.42. The van der Waals surface area contributed by atoms with Crippen LogP contribution in [0.5, 0.6) is 0 Å². The van der Waals surface area contributed by atoms with Crippen LogP contribution in [0.4, 0.5) is 4.39 Å². The molecular formula is C14H19FN2O. The van der Waals surface area contributed by atoms with E-state index in [0.29, 0.717) is 19.0 Å². The lowest BCUT2D eigenvalue weighted by Crippen LogP contribution is -2.42. The average molecular weight is 250 g/mol. The number of carbonyl (C=O) groups is 1. The van der Waals surface area contributed by atoms with Gasteiger partial charge in [0.05, 0.1) is 5.56 Å². The largest absolute Gasteiger partial charge is 0.334 e. The minimum atomic E-state index is -0.449. The summed E-state index contributed by atoms with van der Waals surface area (Å²) in [6, 6.07) is 4.74. The number of rotatable bonds is 2. The summed E-state index contributed by atoms with van der Waals surface area (Å²) in [5.41, 5.74) is 6.67. The average Bonchev–Trinajstić information content (AvgIpc) is 2.69. The van der Waals surface area contributed by atoms with Crippen molar-refractivity contribution in [2.45, 2.75) is 26.3 Å². The Morgan fingerprint density at radius 2 is 2.28 bits per heavy atom. The van der Waals surface area contributed by atoms with E-state index in [9.17, 15) is 9.18 Å². The number of hydrogen-bond donors (Lipinski definition) is 1. The molecule has 4 heteroatoms. The molecule has 0 aromatic heterocycles. The van der Waals surface area contributed by atoms with E-state index in [1.807, 2.05) is 0 Å². The van der Waals surface area contributed by atoms with Gasteiger partial charge in [0, 0.05) is 19.1 Å². The second kappa shape index (κ2) is 5.06. The second-order valence-electron chi connectivity index (χ2n) is 5.05. The SMILES string of the molecule is Cc1ccc(C(=O)N2CCC(C)C2CN)c(F)c1.